The fourth-order valence-corrected chi connectivity index (χ4v) is 5.03. The van der Waals surface area contributed by atoms with Crippen molar-refractivity contribution >= 4 is 28.1 Å². The summed E-state index contributed by atoms with van der Waals surface area (Å²) in [5.41, 5.74) is 8.17. The van der Waals surface area contributed by atoms with E-state index in [-0.39, 0.29) is 5.91 Å². The zero-order valence-electron chi connectivity index (χ0n) is 15.1. The van der Waals surface area contributed by atoms with Gasteiger partial charge in [-0.3, -0.25) is 9.69 Å². The molecule has 5 heteroatoms. The highest BCUT2D eigenvalue weighted by atomic mass is 32.1. The topological polar surface area (TPSA) is 51.3 Å². The lowest BCUT2D eigenvalue weighted by Gasteiger charge is -2.23. The number of primary amides is 1. The molecule has 136 valence electrons. The van der Waals surface area contributed by atoms with Crippen LogP contribution in [0.25, 0.3) is 16.6 Å². The van der Waals surface area contributed by atoms with Crippen LogP contribution in [0.3, 0.4) is 0 Å². The van der Waals surface area contributed by atoms with E-state index in [9.17, 15) is 4.79 Å². The number of likely N-dealkylation sites (tertiary alicyclic amines) is 1. The Labute approximate surface area is 158 Å². The molecule has 0 radical (unpaired) electrons. The Morgan fingerprint density at radius 2 is 2.23 bits per heavy atom. The number of carbonyl (C=O) groups is 1. The van der Waals surface area contributed by atoms with Gasteiger partial charge in [0.15, 0.2) is 0 Å². The van der Waals surface area contributed by atoms with Gasteiger partial charge in [-0.1, -0.05) is 25.5 Å². The molecule has 1 unspecified atom stereocenters. The first-order chi connectivity index (χ1) is 12.7. The van der Waals surface area contributed by atoms with E-state index in [1.807, 2.05) is 24.4 Å². The summed E-state index contributed by atoms with van der Waals surface area (Å²) in [6.45, 7) is 4.50. The number of benzene rings is 1. The summed E-state index contributed by atoms with van der Waals surface area (Å²) in [5, 5.41) is 3.22. The van der Waals surface area contributed by atoms with E-state index in [1.165, 1.54) is 37.1 Å². The van der Waals surface area contributed by atoms with Crippen molar-refractivity contribution in [1.29, 1.82) is 0 Å². The number of fused-ring (bicyclic) bond motifs is 1. The van der Waals surface area contributed by atoms with Crippen molar-refractivity contribution in [1.82, 2.24) is 9.47 Å². The molecular weight excluding hydrogens is 342 g/mol. The Hall–Kier alpha value is -2.11. The number of para-hydroxylation sites is 1. The quantitative estimate of drug-likeness (QED) is 0.694. The molecule has 1 atom stereocenters. The van der Waals surface area contributed by atoms with Gasteiger partial charge >= 0.3 is 0 Å². The Balaban J connectivity index is 1.63. The number of rotatable bonds is 6. The molecule has 1 fully saturated rings. The van der Waals surface area contributed by atoms with Crippen molar-refractivity contribution in [2.45, 2.75) is 45.2 Å². The first-order valence-electron chi connectivity index (χ1n) is 9.39. The van der Waals surface area contributed by atoms with Crippen LogP contribution in [0.4, 0.5) is 0 Å². The van der Waals surface area contributed by atoms with E-state index in [4.69, 9.17) is 5.73 Å². The Morgan fingerprint density at radius 3 is 3.04 bits per heavy atom. The van der Waals surface area contributed by atoms with Gasteiger partial charge in [-0.2, -0.15) is 0 Å². The minimum absolute atomic E-state index is 0.384. The average Bonchev–Trinajstić information content (AvgIpc) is 3.35. The van der Waals surface area contributed by atoms with Gasteiger partial charge in [0.2, 0.25) is 0 Å². The molecule has 2 N–H and O–H groups in total. The predicted octanol–water partition coefficient (Wildman–Crippen LogP) is 4.56. The summed E-state index contributed by atoms with van der Waals surface area (Å²) in [4.78, 5) is 15.8. The lowest BCUT2D eigenvalue weighted by molar-refractivity contribution is 0.100. The molecule has 4 nitrogen and oxygen atoms in total. The Kier molecular flexibility index (Phi) is 4.83. The molecule has 4 rings (SSSR count). The molecule has 1 aliphatic rings. The maximum atomic E-state index is 11.8. The van der Waals surface area contributed by atoms with E-state index in [0.29, 0.717) is 5.56 Å². The standard InChI is InChI=1S/C21H25N3OS/c1-2-5-16-7-4-10-23(16)13-18-12-17(14-26-18)24-11-9-15-6-3-8-19(20(15)24)21(22)25/h3,6,8-9,11-12,14,16H,2,4-5,7,10,13H2,1H3,(H2,22,25). The lowest BCUT2D eigenvalue weighted by atomic mass is 10.1. The number of nitrogens with zero attached hydrogens (tertiary/aromatic N) is 2. The number of amides is 1. The van der Waals surface area contributed by atoms with Gasteiger partial charge in [0, 0.05) is 34.4 Å². The molecule has 0 aliphatic carbocycles. The SMILES string of the molecule is CCCC1CCCN1Cc1cc(-n2ccc3cccc(C(N)=O)c32)cs1. The molecule has 0 bridgehead atoms. The molecular formula is C21H25N3OS. The van der Waals surface area contributed by atoms with Gasteiger partial charge in [-0.05, 0) is 44.0 Å². The highest BCUT2D eigenvalue weighted by molar-refractivity contribution is 7.10. The third-order valence-electron chi connectivity index (χ3n) is 5.37. The van der Waals surface area contributed by atoms with E-state index < -0.39 is 0 Å². The molecule has 2 aromatic heterocycles. The van der Waals surface area contributed by atoms with Crippen molar-refractivity contribution < 1.29 is 4.79 Å². The molecule has 1 saturated heterocycles. The van der Waals surface area contributed by atoms with Crippen molar-refractivity contribution in [3.8, 4) is 5.69 Å². The summed E-state index contributed by atoms with van der Waals surface area (Å²) in [6, 6.07) is 10.7. The smallest absolute Gasteiger partial charge is 0.250 e. The molecule has 26 heavy (non-hydrogen) atoms. The van der Waals surface area contributed by atoms with Crippen LogP contribution in [0.2, 0.25) is 0 Å². The summed E-state index contributed by atoms with van der Waals surface area (Å²) in [6.07, 6.45) is 7.21. The van der Waals surface area contributed by atoms with Gasteiger partial charge in [0.25, 0.3) is 5.91 Å². The molecule has 1 aliphatic heterocycles. The summed E-state index contributed by atoms with van der Waals surface area (Å²) >= 11 is 1.80. The van der Waals surface area contributed by atoms with Gasteiger partial charge in [-0.15, -0.1) is 11.3 Å². The van der Waals surface area contributed by atoms with Crippen molar-refractivity contribution in [2.75, 3.05) is 6.54 Å². The molecule has 1 aromatic carbocycles. The third kappa shape index (κ3) is 3.17. The second-order valence-corrected chi connectivity index (χ2v) is 8.12. The second kappa shape index (κ2) is 7.25. The largest absolute Gasteiger partial charge is 0.366 e. The van der Waals surface area contributed by atoms with Gasteiger partial charge < -0.3 is 10.3 Å². The summed E-state index contributed by atoms with van der Waals surface area (Å²) < 4.78 is 2.09. The number of aromatic nitrogens is 1. The van der Waals surface area contributed by atoms with Crippen LogP contribution in [0.1, 0.15) is 47.8 Å². The van der Waals surface area contributed by atoms with Gasteiger partial charge in [-0.25, -0.2) is 0 Å². The van der Waals surface area contributed by atoms with Crippen molar-refractivity contribution in [2.24, 2.45) is 5.73 Å². The lowest BCUT2D eigenvalue weighted by Crippen LogP contribution is -2.28. The van der Waals surface area contributed by atoms with Gasteiger partial charge in [0.05, 0.1) is 16.8 Å². The predicted molar refractivity (Wildman–Crippen MR) is 108 cm³/mol. The van der Waals surface area contributed by atoms with Crippen molar-refractivity contribution in [3.05, 3.63) is 52.3 Å². The molecule has 0 saturated carbocycles. The van der Waals surface area contributed by atoms with Crippen LogP contribution >= 0.6 is 11.3 Å². The number of carbonyl (C=O) groups excluding carboxylic acids is 1. The third-order valence-corrected chi connectivity index (χ3v) is 6.28. The van der Waals surface area contributed by atoms with Crippen LogP contribution in [0.5, 0.6) is 0 Å². The number of hydrogen-bond donors (Lipinski definition) is 1. The molecule has 1 amide bonds. The van der Waals surface area contributed by atoms with Crippen LogP contribution in [0, 0.1) is 0 Å². The molecule has 3 aromatic rings. The van der Waals surface area contributed by atoms with Crippen LogP contribution < -0.4 is 5.73 Å². The minimum atomic E-state index is -0.384. The second-order valence-electron chi connectivity index (χ2n) is 7.12. The van der Waals surface area contributed by atoms with E-state index in [1.54, 1.807) is 17.4 Å². The zero-order valence-corrected chi connectivity index (χ0v) is 16.0. The van der Waals surface area contributed by atoms with Crippen molar-refractivity contribution in [3.63, 3.8) is 0 Å². The van der Waals surface area contributed by atoms with E-state index in [0.717, 1.165) is 29.2 Å². The van der Waals surface area contributed by atoms with E-state index >= 15 is 0 Å². The normalized spacial score (nSPS) is 18.0. The first kappa shape index (κ1) is 17.3. The maximum absolute atomic E-state index is 11.8. The molecule has 3 heterocycles. The van der Waals surface area contributed by atoms with Crippen LogP contribution in [-0.2, 0) is 6.54 Å². The van der Waals surface area contributed by atoms with Crippen LogP contribution in [0.15, 0.2) is 41.9 Å². The maximum Gasteiger partial charge on any atom is 0.250 e. The summed E-state index contributed by atoms with van der Waals surface area (Å²) in [7, 11) is 0. The fraction of sp³-hybridized carbons (Fsp3) is 0.381. The fourth-order valence-electron chi connectivity index (χ4n) is 4.15. The number of hydrogen-bond acceptors (Lipinski definition) is 3. The first-order valence-corrected chi connectivity index (χ1v) is 10.3. The monoisotopic (exact) mass is 367 g/mol. The highest BCUT2D eigenvalue weighted by Crippen LogP contribution is 2.29. The minimum Gasteiger partial charge on any atom is -0.366 e. The number of nitrogens with two attached hydrogens (primary N) is 1. The Morgan fingerprint density at radius 1 is 1.35 bits per heavy atom. The molecule has 0 spiro atoms. The number of thiophene rings is 1. The average molecular weight is 368 g/mol. The highest BCUT2D eigenvalue weighted by Gasteiger charge is 2.24. The summed E-state index contributed by atoms with van der Waals surface area (Å²) in [5.74, 6) is -0.384. The van der Waals surface area contributed by atoms with Crippen LogP contribution in [-0.4, -0.2) is 28.0 Å². The van der Waals surface area contributed by atoms with Gasteiger partial charge in [0.1, 0.15) is 0 Å². The zero-order chi connectivity index (χ0) is 18.1. The van der Waals surface area contributed by atoms with E-state index in [2.05, 4.69) is 27.8 Å². The Bertz CT molecular complexity index is 926.